The molecule has 1 aromatic heterocycles. The molecule has 2 aromatic carbocycles. The Bertz CT molecular complexity index is 937. The van der Waals surface area contributed by atoms with Gasteiger partial charge in [0.1, 0.15) is 11.6 Å². The largest absolute Gasteiger partial charge is 0.484 e. The number of benzene rings is 2. The summed E-state index contributed by atoms with van der Waals surface area (Å²) in [6, 6.07) is 13.5. The summed E-state index contributed by atoms with van der Waals surface area (Å²) in [6.07, 6.45) is 0. The third-order valence-electron chi connectivity index (χ3n) is 4.61. The van der Waals surface area contributed by atoms with Gasteiger partial charge in [-0.05, 0) is 37.4 Å². The van der Waals surface area contributed by atoms with Crippen LogP contribution in [0.3, 0.4) is 0 Å². The number of halogens is 1. The van der Waals surface area contributed by atoms with Crippen molar-refractivity contribution >= 4 is 22.9 Å². The van der Waals surface area contributed by atoms with Crippen molar-refractivity contribution in [3.63, 3.8) is 0 Å². The Morgan fingerprint density at radius 2 is 1.96 bits per heavy atom. The summed E-state index contributed by atoms with van der Waals surface area (Å²) < 4.78 is 20.6. The zero-order chi connectivity index (χ0) is 19.9. The molecule has 0 bridgehead atoms. The molecule has 148 valence electrons. The minimum absolute atomic E-state index is 0.220. The van der Waals surface area contributed by atoms with E-state index in [1.165, 1.54) is 18.2 Å². The fourth-order valence-corrected chi connectivity index (χ4v) is 3.04. The first-order valence-corrected chi connectivity index (χ1v) is 9.46. The molecule has 0 saturated carbocycles. The number of nitrogens with one attached hydrogen (secondary N) is 1. The number of para-hydroxylation sites is 2. The smallest absolute Gasteiger partial charge is 0.264 e. The Morgan fingerprint density at radius 3 is 2.71 bits per heavy atom. The molecular weight excluding hydrogens is 359 g/mol. The normalized spacial score (nSPS) is 11.1. The van der Waals surface area contributed by atoms with Gasteiger partial charge in [-0.1, -0.05) is 32.0 Å². The second kappa shape index (κ2) is 9.32. The molecule has 3 aromatic rings. The van der Waals surface area contributed by atoms with Crippen molar-refractivity contribution in [1.82, 2.24) is 14.5 Å². The molecule has 0 atom stereocenters. The summed E-state index contributed by atoms with van der Waals surface area (Å²) in [5, 5.41) is 2.82. The van der Waals surface area contributed by atoms with Crippen molar-refractivity contribution in [1.29, 1.82) is 0 Å². The first-order valence-electron chi connectivity index (χ1n) is 9.46. The number of fused-ring (bicyclic) bond motifs is 1. The number of amides is 1. The Balaban J connectivity index is 1.72. The van der Waals surface area contributed by atoms with Gasteiger partial charge in [0.2, 0.25) is 5.95 Å². The van der Waals surface area contributed by atoms with Crippen molar-refractivity contribution in [3.8, 4) is 5.75 Å². The number of ether oxygens (including phenoxy) is 1. The predicted molar refractivity (Wildman–Crippen MR) is 108 cm³/mol. The SMILES string of the molecule is CCN(CC)CCn1c(NC(=O)COc2cccc(F)c2)nc2ccccc21. The van der Waals surface area contributed by atoms with Gasteiger partial charge in [0, 0.05) is 19.2 Å². The number of rotatable bonds is 9. The molecule has 0 aliphatic carbocycles. The topological polar surface area (TPSA) is 59.4 Å². The highest BCUT2D eigenvalue weighted by Gasteiger charge is 2.14. The third kappa shape index (κ3) is 4.86. The van der Waals surface area contributed by atoms with Gasteiger partial charge in [-0.25, -0.2) is 9.37 Å². The average molecular weight is 384 g/mol. The van der Waals surface area contributed by atoms with Crippen LogP contribution < -0.4 is 10.1 Å². The first kappa shape index (κ1) is 19.8. The highest BCUT2D eigenvalue weighted by Crippen LogP contribution is 2.20. The summed E-state index contributed by atoms with van der Waals surface area (Å²) in [5.41, 5.74) is 1.79. The van der Waals surface area contributed by atoms with Crippen LogP contribution in [0.25, 0.3) is 11.0 Å². The molecular formula is C21H25FN4O2. The van der Waals surface area contributed by atoms with Gasteiger partial charge in [-0.3, -0.25) is 10.1 Å². The van der Waals surface area contributed by atoms with Crippen LogP contribution in [0.5, 0.6) is 5.75 Å². The van der Waals surface area contributed by atoms with Gasteiger partial charge < -0.3 is 14.2 Å². The van der Waals surface area contributed by atoms with Crippen LogP contribution in [0.1, 0.15) is 13.8 Å². The van der Waals surface area contributed by atoms with E-state index in [0.29, 0.717) is 18.2 Å². The van der Waals surface area contributed by atoms with Crippen LogP contribution in [0.4, 0.5) is 10.3 Å². The molecule has 28 heavy (non-hydrogen) atoms. The zero-order valence-corrected chi connectivity index (χ0v) is 16.2. The van der Waals surface area contributed by atoms with Gasteiger partial charge in [0.15, 0.2) is 6.61 Å². The number of nitrogens with zero attached hydrogens (tertiary/aromatic N) is 3. The van der Waals surface area contributed by atoms with Crippen molar-refractivity contribution in [2.45, 2.75) is 20.4 Å². The predicted octanol–water partition coefficient (Wildman–Crippen LogP) is 3.53. The van der Waals surface area contributed by atoms with Gasteiger partial charge >= 0.3 is 0 Å². The van der Waals surface area contributed by atoms with Crippen LogP contribution in [-0.2, 0) is 11.3 Å². The van der Waals surface area contributed by atoms with Crippen LogP contribution >= 0.6 is 0 Å². The molecule has 0 fully saturated rings. The summed E-state index contributed by atoms with van der Waals surface area (Å²) in [7, 11) is 0. The lowest BCUT2D eigenvalue weighted by molar-refractivity contribution is -0.118. The number of likely N-dealkylation sites (N-methyl/N-ethyl adjacent to an activating group) is 1. The van der Waals surface area contributed by atoms with E-state index < -0.39 is 5.82 Å². The van der Waals surface area contributed by atoms with Crippen molar-refractivity contribution < 1.29 is 13.9 Å². The second-order valence-electron chi connectivity index (χ2n) is 6.40. The number of carbonyl (C=O) groups excluding carboxylic acids is 1. The number of aromatic nitrogens is 2. The molecule has 1 heterocycles. The number of anilines is 1. The van der Waals surface area contributed by atoms with Crippen LogP contribution in [0, 0.1) is 5.82 Å². The minimum atomic E-state index is -0.406. The zero-order valence-electron chi connectivity index (χ0n) is 16.2. The Labute approximate surface area is 163 Å². The number of hydrogen-bond acceptors (Lipinski definition) is 4. The van der Waals surface area contributed by atoms with Gasteiger partial charge in [-0.15, -0.1) is 0 Å². The Kier molecular flexibility index (Phi) is 6.60. The lowest BCUT2D eigenvalue weighted by Crippen LogP contribution is -2.28. The molecule has 0 saturated heterocycles. The third-order valence-corrected chi connectivity index (χ3v) is 4.61. The summed E-state index contributed by atoms with van der Waals surface area (Å²) in [4.78, 5) is 19.2. The van der Waals surface area contributed by atoms with E-state index >= 15 is 0 Å². The molecule has 0 aliphatic rings. The molecule has 0 unspecified atom stereocenters. The van der Waals surface area contributed by atoms with E-state index in [0.717, 1.165) is 30.7 Å². The summed E-state index contributed by atoms with van der Waals surface area (Å²) in [5.74, 6) is 0.0474. The lowest BCUT2D eigenvalue weighted by Gasteiger charge is -2.19. The van der Waals surface area contributed by atoms with E-state index in [4.69, 9.17) is 4.74 Å². The van der Waals surface area contributed by atoms with Crippen LogP contribution in [0.15, 0.2) is 48.5 Å². The van der Waals surface area contributed by atoms with E-state index in [-0.39, 0.29) is 12.5 Å². The number of carbonyl (C=O) groups is 1. The van der Waals surface area contributed by atoms with E-state index in [1.54, 1.807) is 6.07 Å². The Hall–Kier alpha value is -2.93. The molecule has 1 amide bonds. The maximum absolute atomic E-state index is 13.2. The summed E-state index contributed by atoms with van der Waals surface area (Å²) in [6.45, 7) is 7.53. The summed E-state index contributed by atoms with van der Waals surface area (Å²) >= 11 is 0. The molecule has 7 heteroatoms. The Morgan fingerprint density at radius 1 is 1.18 bits per heavy atom. The van der Waals surface area contributed by atoms with E-state index in [1.807, 2.05) is 28.8 Å². The van der Waals surface area contributed by atoms with Crippen molar-refractivity contribution in [3.05, 3.63) is 54.3 Å². The molecule has 0 spiro atoms. The molecule has 6 nitrogen and oxygen atoms in total. The number of imidazole rings is 1. The molecule has 3 rings (SSSR count). The molecule has 0 radical (unpaired) electrons. The van der Waals surface area contributed by atoms with Gasteiger partial charge in [-0.2, -0.15) is 0 Å². The minimum Gasteiger partial charge on any atom is -0.484 e. The lowest BCUT2D eigenvalue weighted by atomic mass is 10.3. The van der Waals surface area contributed by atoms with Crippen LogP contribution in [0.2, 0.25) is 0 Å². The van der Waals surface area contributed by atoms with Crippen molar-refractivity contribution in [2.75, 3.05) is 31.6 Å². The number of hydrogen-bond donors (Lipinski definition) is 1. The maximum atomic E-state index is 13.2. The molecule has 0 aliphatic heterocycles. The second-order valence-corrected chi connectivity index (χ2v) is 6.40. The standard InChI is InChI=1S/C21H25FN4O2/c1-3-25(4-2)12-13-26-19-11-6-5-10-18(19)23-21(26)24-20(27)15-28-17-9-7-8-16(22)14-17/h5-11,14H,3-4,12-13,15H2,1-2H3,(H,23,24,27). The maximum Gasteiger partial charge on any atom is 0.264 e. The quantitative estimate of drug-likeness (QED) is 0.613. The fourth-order valence-electron chi connectivity index (χ4n) is 3.04. The highest BCUT2D eigenvalue weighted by molar-refractivity contribution is 5.92. The highest BCUT2D eigenvalue weighted by atomic mass is 19.1. The average Bonchev–Trinajstić information content (AvgIpc) is 3.04. The van der Waals surface area contributed by atoms with Crippen LogP contribution in [-0.4, -0.2) is 46.6 Å². The van der Waals surface area contributed by atoms with E-state index in [2.05, 4.69) is 29.0 Å². The van der Waals surface area contributed by atoms with Gasteiger partial charge in [0.05, 0.1) is 11.0 Å². The monoisotopic (exact) mass is 384 g/mol. The first-order chi connectivity index (χ1) is 13.6. The van der Waals surface area contributed by atoms with Gasteiger partial charge in [0.25, 0.3) is 5.91 Å². The molecule has 1 N–H and O–H groups in total. The van der Waals surface area contributed by atoms with Crippen molar-refractivity contribution in [2.24, 2.45) is 0 Å². The van der Waals surface area contributed by atoms with E-state index in [9.17, 15) is 9.18 Å². The fraction of sp³-hybridized carbons (Fsp3) is 0.333.